The highest BCUT2D eigenvalue weighted by molar-refractivity contribution is 5.52. The van der Waals surface area contributed by atoms with Crippen LogP contribution in [0.3, 0.4) is 0 Å². The molecular formula is C26H30F4N6O. The molecule has 3 atom stereocenters. The number of rotatable bonds is 6. The minimum Gasteiger partial charge on any atom is -0.351 e. The molecule has 1 aliphatic rings. The van der Waals surface area contributed by atoms with Crippen LogP contribution >= 0.6 is 0 Å². The largest absolute Gasteiger partial charge is 0.416 e. The molecule has 11 heteroatoms. The van der Waals surface area contributed by atoms with Gasteiger partial charge < -0.3 is 4.90 Å². The Hall–Kier alpha value is -3.39. The van der Waals surface area contributed by atoms with Crippen molar-refractivity contribution in [1.29, 1.82) is 5.26 Å². The molecule has 0 radical (unpaired) electrons. The molecule has 1 aromatic carbocycles. The van der Waals surface area contributed by atoms with Gasteiger partial charge >= 0.3 is 6.18 Å². The van der Waals surface area contributed by atoms with Crippen molar-refractivity contribution in [2.24, 2.45) is 7.05 Å². The lowest BCUT2D eigenvalue weighted by atomic mass is 9.94. The zero-order valence-corrected chi connectivity index (χ0v) is 21.3. The van der Waals surface area contributed by atoms with E-state index in [9.17, 15) is 22.4 Å². The Morgan fingerprint density at radius 1 is 1.14 bits per heavy atom. The summed E-state index contributed by atoms with van der Waals surface area (Å²) in [5.41, 5.74) is -0.0217. The van der Waals surface area contributed by atoms with Gasteiger partial charge in [0, 0.05) is 50.4 Å². The summed E-state index contributed by atoms with van der Waals surface area (Å²) >= 11 is 0. The molecule has 1 fully saturated rings. The second-order valence-electron chi connectivity index (χ2n) is 9.52. The molecule has 3 heterocycles. The zero-order valence-electron chi connectivity index (χ0n) is 21.3. The fourth-order valence-corrected chi connectivity index (χ4v) is 5.34. The first-order valence-electron chi connectivity index (χ1n) is 12.3. The minimum absolute atomic E-state index is 0.0415. The van der Waals surface area contributed by atoms with Crippen molar-refractivity contribution in [3.05, 3.63) is 63.3 Å². The molecule has 0 amide bonds. The molecule has 1 aliphatic heterocycles. The normalized spacial score (nSPS) is 19.8. The maximum absolute atomic E-state index is 13.8. The zero-order chi connectivity index (χ0) is 27.1. The molecular weight excluding hydrogens is 488 g/mol. The Morgan fingerprint density at radius 2 is 1.84 bits per heavy atom. The van der Waals surface area contributed by atoms with Crippen molar-refractivity contribution in [2.45, 2.75) is 64.3 Å². The third-order valence-electron chi connectivity index (χ3n) is 7.39. The summed E-state index contributed by atoms with van der Waals surface area (Å²) in [6, 6.07) is 7.34. The average molecular weight is 519 g/mol. The van der Waals surface area contributed by atoms with Gasteiger partial charge in [0.15, 0.2) is 0 Å². The van der Waals surface area contributed by atoms with Crippen LogP contribution in [0.1, 0.15) is 56.5 Å². The molecule has 0 aliphatic carbocycles. The van der Waals surface area contributed by atoms with Crippen LogP contribution in [0.2, 0.25) is 0 Å². The van der Waals surface area contributed by atoms with E-state index in [2.05, 4.69) is 21.0 Å². The second-order valence-corrected chi connectivity index (χ2v) is 9.52. The number of hydrogen-bond donors (Lipinski definition) is 0. The highest BCUT2D eigenvalue weighted by Crippen LogP contribution is 2.39. The minimum atomic E-state index is -4.67. The van der Waals surface area contributed by atoms with Crippen LogP contribution in [0.5, 0.6) is 0 Å². The molecule has 0 N–H and O–H groups in total. The molecule has 4 rings (SSSR count). The number of nitrogens with zero attached hydrogens (tertiary/aromatic N) is 6. The topological polar surface area (TPSA) is 69.6 Å². The Bertz CT molecular complexity index is 1390. The maximum Gasteiger partial charge on any atom is 0.416 e. The number of nitriles is 1. The lowest BCUT2D eigenvalue weighted by Gasteiger charge is -2.49. The van der Waals surface area contributed by atoms with Crippen LogP contribution in [0.25, 0.3) is 5.65 Å². The van der Waals surface area contributed by atoms with E-state index in [1.54, 1.807) is 24.6 Å². The highest BCUT2D eigenvalue weighted by Gasteiger charge is 2.40. The van der Waals surface area contributed by atoms with Crippen molar-refractivity contribution >= 4 is 11.5 Å². The molecule has 7 nitrogen and oxygen atoms in total. The van der Waals surface area contributed by atoms with Crippen LogP contribution in [-0.4, -0.2) is 44.3 Å². The molecule has 1 saturated heterocycles. The lowest BCUT2D eigenvalue weighted by Crippen LogP contribution is -2.59. The monoisotopic (exact) mass is 518 g/mol. The van der Waals surface area contributed by atoms with E-state index in [0.29, 0.717) is 49.2 Å². The van der Waals surface area contributed by atoms with Crippen molar-refractivity contribution in [2.75, 3.05) is 18.0 Å². The SMILES string of the molecule is CC[C@H]1CN([C@H](C)c2ccc(F)cc2C(F)(F)F)[C@H](CC)CN1c1cc(=O)n(C)c2cc(CC#N)nn12. The summed E-state index contributed by atoms with van der Waals surface area (Å²) < 4.78 is 58.2. The van der Waals surface area contributed by atoms with E-state index in [1.807, 2.05) is 13.8 Å². The molecule has 3 aromatic rings. The summed E-state index contributed by atoms with van der Waals surface area (Å²) in [4.78, 5) is 17.0. The molecule has 0 spiro atoms. The first-order chi connectivity index (χ1) is 17.5. The summed E-state index contributed by atoms with van der Waals surface area (Å²) in [5.74, 6) is -0.325. The smallest absolute Gasteiger partial charge is 0.351 e. The number of fused-ring (bicyclic) bond motifs is 1. The number of alkyl halides is 3. The van der Waals surface area contributed by atoms with Crippen LogP contribution in [0.4, 0.5) is 23.4 Å². The summed E-state index contributed by atoms with van der Waals surface area (Å²) in [6.45, 7) is 6.62. The van der Waals surface area contributed by atoms with Gasteiger partial charge in [0.2, 0.25) is 0 Å². The fourth-order valence-electron chi connectivity index (χ4n) is 5.34. The van der Waals surface area contributed by atoms with E-state index in [1.165, 1.54) is 16.7 Å². The third-order valence-corrected chi connectivity index (χ3v) is 7.39. The number of aryl methyl sites for hydroxylation is 1. The van der Waals surface area contributed by atoms with E-state index >= 15 is 0 Å². The van der Waals surface area contributed by atoms with Gasteiger partial charge in [-0.05, 0) is 37.5 Å². The first-order valence-corrected chi connectivity index (χ1v) is 12.3. The number of piperazine rings is 1. The van der Waals surface area contributed by atoms with Gasteiger partial charge in [-0.2, -0.15) is 23.5 Å². The predicted octanol–water partition coefficient (Wildman–Crippen LogP) is 4.70. The molecule has 2 aromatic heterocycles. The molecule has 198 valence electrons. The maximum atomic E-state index is 13.8. The van der Waals surface area contributed by atoms with Crippen LogP contribution < -0.4 is 10.5 Å². The molecule has 0 bridgehead atoms. The summed E-state index contributed by atoms with van der Waals surface area (Å²) in [6.07, 6.45) is -3.23. The molecule has 0 unspecified atom stereocenters. The Morgan fingerprint density at radius 3 is 2.46 bits per heavy atom. The first kappa shape index (κ1) is 26.7. The van der Waals surface area contributed by atoms with Crippen molar-refractivity contribution in [3.8, 4) is 6.07 Å². The number of benzene rings is 1. The number of anilines is 1. The van der Waals surface area contributed by atoms with Gasteiger partial charge in [0.1, 0.15) is 17.3 Å². The van der Waals surface area contributed by atoms with Crippen molar-refractivity contribution < 1.29 is 17.6 Å². The van der Waals surface area contributed by atoms with Gasteiger partial charge in [0.25, 0.3) is 5.56 Å². The third kappa shape index (κ3) is 4.94. The fraction of sp³-hybridized carbons (Fsp3) is 0.500. The second kappa shape index (κ2) is 10.2. The standard InChI is InChI=1S/C26H30F4N6O/c1-5-19-15-35(24-13-25(37)33(4)23-12-18(9-10-31)32-36(23)24)20(6-2)14-34(19)16(3)21-8-7-17(27)11-22(21)26(28,29)30/h7-8,11-13,16,19-20H,5-6,9,14-15H2,1-4H3/t16-,19-,20+/m1/s1. The molecule has 0 saturated carbocycles. The van der Waals surface area contributed by atoms with E-state index < -0.39 is 23.6 Å². The van der Waals surface area contributed by atoms with Gasteiger partial charge in [-0.15, -0.1) is 0 Å². The van der Waals surface area contributed by atoms with Crippen LogP contribution in [0, 0.1) is 17.1 Å². The predicted molar refractivity (Wildman–Crippen MR) is 132 cm³/mol. The number of halogens is 4. The van der Waals surface area contributed by atoms with Gasteiger partial charge in [0.05, 0.1) is 23.7 Å². The summed E-state index contributed by atoms with van der Waals surface area (Å²) in [5, 5.41) is 13.7. The number of aromatic nitrogens is 3. The van der Waals surface area contributed by atoms with E-state index in [-0.39, 0.29) is 29.6 Å². The Kier molecular flexibility index (Phi) is 7.33. The Balaban J connectivity index is 1.75. The highest BCUT2D eigenvalue weighted by atomic mass is 19.4. The van der Waals surface area contributed by atoms with Gasteiger partial charge in [-0.25, -0.2) is 8.91 Å². The molecule has 37 heavy (non-hydrogen) atoms. The summed E-state index contributed by atoms with van der Waals surface area (Å²) in [7, 11) is 1.64. The van der Waals surface area contributed by atoms with E-state index in [4.69, 9.17) is 5.26 Å². The lowest BCUT2D eigenvalue weighted by molar-refractivity contribution is -0.139. The van der Waals surface area contributed by atoms with Gasteiger partial charge in [-0.1, -0.05) is 19.9 Å². The number of hydrogen-bond acceptors (Lipinski definition) is 5. The van der Waals surface area contributed by atoms with Crippen LogP contribution in [-0.2, 0) is 19.6 Å². The van der Waals surface area contributed by atoms with E-state index in [0.717, 1.165) is 6.07 Å². The van der Waals surface area contributed by atoms with Crippen molar-refractivity contribution in [3.63, 3.8) is 0 Å². The Labute approximate surface area is 212 Å². The van der Waals surface area contributed by atoms with Crippen molar-refractivity contribution in [1.82, 2.24) is 19.1 Å². The average Bonchev–Trinajstić information content (AvgIpc) is 3.29. The quantitative estimate of drug-likeness (QED) is 0.443. The van der Waals surface area contributed by atoms with Gasteiger partial charge in [-0.3, -0.25) is 14.3 Å². The van der Waals surface area contributed by atoms with Crippen LogP contribution in [0.15, 0.2) is 35.1 Å².